The number of anilines is 1. The van der Waals surface area contributed by atoms with Gasteiger partial charge in [0.05, 0.1) is 12.4 Å². The van der Waals surface area contributed by atoms with Gasteiger partial charge in [-0.2, -0.15) is 0 Å². The second-order valence-corrected chi connectivity index (χ2v) is 3.57. The molecule has 0 unspecified atom stereocenters. The molecule has 0 aliphatic carbocycles. The monoisotopic (exact) mass is 184 g/mol. The lowest BCUT2D eigenvalue weighted by molar-refractivity contribution is 0.546. The summed E-state index contributed by atoms with van der Waals surface area (Å²) < 4.78 is 12.4. The highest BCUT2D eigenvalue weighted by atomic mass is 19.1. The highest BCUT2D eigenvalue weighted by molar-refractivity contribution is 5.23. The fourth-order valence-electron chi connectivity index (χ4n) is 0.710. The lowest BCUT2D eigenvalue weighted by Gasteiger charge is -2.18. The van der Waals surface area contributed by atoms with Crippen LogP contribution >= 0.6 is 0 Å². The number of hydrogen-bond donors (Lipinski definition) is 2. The third kappa shape index (κ3) is 3.80. The minimum absolute atomic E-state index is 0.336. The van der Waals surface area contributed by atoms with Gasteiger partial charge in [-0.05, 0) is 13.8 Å². The van der Waals surface area contributed by atoms with Crippen LogP contribution in [-0.4, -0.2) is 22.1 Å². The molecule has 0 aromatic carbocycles. The first-order valence-electron chi connectivity index (χ1n) is 3.98. The third-order valence-electron chi connectivity index (χ3n) is 1.32. The van der Waals surface area contributed by atoms with Crippen LogP contribution in [0.15, 0.2) is 12.4 Å². The van der Waals surface area contributed by atoms with E-state index in [0.717, 1.165) is 12.4 Å². The van der Waals surface area contributed by atoms with E-state index >= 15 is 0 Å². The molecule has 0 aliphatic heterocycles. The van der Waals surface area contributed by atoms with E-state index in [1.54, 1.807) is 0 Å². The quantitative estimate of drug-likeness (QED) is 0.728. The summed E-state index contributed by atoms with van der Waals surface area (Å²) in [7, 11) is 0. The highest BCUT2D eigenvalue weighted by Gasteiger charge is 2.10. The maximum atomic E-state index is 12.4. The predicted octanol–water partition coefficient (Wildman–Crippen LogP) is 0.765. The molecule has 1 heterocycles. The first-order valence-corrected chi connectivity index (χ1v) is 3.98. The van der Waals surface area contributed by atoms with Crippen LogP contribution in [0, 0.1) is 5.82 Å². The van der Waals surface area contributed by atoms with Crippen molar-refractivity contribution in [3.05, 3.63) is 18.2 Å². The Balaban J connectivity index is 2.51. The summed E-state index contributed by atoms with van der Waals surface area (Å²) in [5.41, 5.74) is 5.39. The third-order valence-corrected chi connectivity index (χ3v) is 1.32. The van der Waals surface area contributed by atoms with Gasteiger partial charge in [-0.3, -0.25) is 0 Å². The van der Waals surface area contributed by atoms with Gasteiger partial charge in [-0.25, -0.2) is 14.4 Å². The number of aromatic nitrogens is 2. The van der Waals surface area contributed by atoms with Crippen molar-refractivity contribution in [2.75, 3.05) is 11.9 Å². The minimum Gasteiger partial charge on any atom is -0.352 e. The summed E-state index contributed by atoms with van der Waals surface area (Å²) in [5, 5.41) is 2.90. The van der Waals surface area contributed by atoms with Crippen LogP contribution in [0.25, 0.3) is 0 Å². The number of nitrogens with zero attached hydrogens (tertiary/aromatic N) is 2. The van der Waals surface area contributed by atoms with Crippen LogP contribution in [0.4, 0.5) is 10.3 Å². The van der Waals surface area contributed by atoms with Crippen molar-refractivity contribution in [2.24, 2.45) is 5.73 Å². The first kappa shape index (κ1) is 9.85. The molecule has 0 saturated carbocycles. The Bertz CT molecular complexity index is 264. The number of rotatable bonds is 3. The van der Waals surface area contributed by atoms with Crippen LogP contribution in [0.2, 0.25) is 0 Å². The Morgan fingerprint density at radius 2 is 2.00 bits per heavy atom. The SMILES string of the molecule is CC(C)(N)CNc1ncc(F)cn1. The maximum Gasteiger partial charge on any atom is 0.222 e. The van der Waals surface area contributed by atoms with Gasteiger partial charge < -0.3 is 11.1 Å². The van der Waals surface area contributed by atoms with Crippen molar-refractivity contribution < 1.29 is 4.39 Å². The van der Waals surface area contributed by atoms with Crippen LogP contribution in [0.5, 0.6) is 0 Å². The molecule has 4 nitrogen and oxygen atoms in total. The maximum absolute atomic E-state index is 12.4. The number of nitrogens with two attached hydrogens (primary N) is 1. The largest absolute Gasteiger partial charge is 0.352 e. The van der Waals surface area contributed by atoms with Crippen LogP contribution in [0.3, 0.4) is 0 Å². The summed E-state index contributed by atoms with van der Waals surface area (Å²) in [5.74, 6) is -0.0579. The summed E-state index contributed by atoms with van der Waals surface area (Å²) in [6.07, 6.45) is 2.22. The van der Waals surface area contributed by atoms with E-state index in [-0.39, 0.29) is 5.54 Å². The molecule has 0 atom stereocenters. The molecular weight excluding hydrogens is 171 g/mol. The fraction of sp³-hybridized carbons (Fsp3) is 0.500. The molecule has 0 radical (unpaired) electrons. The molecule has 0 spiro atoms. The summed E-state index contributed by atoms with van der Waals surface area (Å²) >= 11 is 0. The zero-order valence-electron chi connectivity index (χ0n) is 7.71. The summed E-state index contributed by atoms with van der Waals surface area (Å²) in [6, 6.07) is 0. The molecule has 13 heavy (non-hydrogen) atoms. The summed E-state index contributed by atoms with van der Waals surface area (Å²) in [4.78, 5) is 7.46. The molecular formula is C8H13FN4. The van der Waals surface area contributed by atoms with Crippen molar-refractivity contribution in [1.29, 1.82) is 0 Å². The van der Waals surface area contributed by atoms with E-state index in [1.807, 2.05) is 13.8 Å². The van der Waals surface area contributed by atoms with E-state index in [0.29, 0.717) is 12.5 Å². The number of nitrogens with one attached hydrogen (secondary N) is 1. The lowest BCUT2D eigenvalue weighted by Crippen LogP contribution is -2.39. The minimum atomic E-state index is -0.447. The van der Waals surface area contributed by atoms with Crippen molar-refractivity contribution in [3.8, 4) is 0 Å². The smallest absolute Gasteiger partial charge is 0.222 e. The molecule has 3 N–H and O–H groups in total. The molecule has 72 valence electrons. The zero-order chi connectivity index (χ0) is 9.90. The first-order chi connectivity index (χ1) is 5.97. The van der Waals surface area contributed by atoms with Gasteiger partial charge in [0.1, 0.15) is 0 Å². The average Bonchev–Trinajstić information content (AvgIpc) is 2.02. The van der Waals surface area contributed by atoms with Gasteiger partial charge in [0.2, 0.25) is 5.95 Å². The Kier molecular flexibility index (Phi) is 2.77. The van der Waals surface area contributed by atoms with Crippen molar-refractivity contribution >= 4 is 5.95 Å². The number of hydrogen-bond acceptors (Lipinski definition) is 4. The molecule has 0 fully saturated rings. The molecule has 1 aromatic rings. The topological polar surface area (TPSA) is 63.8 Å². The molecule has 1 aromatic heterocycles. The van der Waals surface area contributed by atoms with Gasteiger partial charge in [0.25, 0.3) is 0 Å². The average molecular weight is 184 g/mol. The van der Waals surface area contributed by atoms with Gasteiger partial charge in [-0.15, -0.1) is 0 Å². The standard InChI is InChI=1S/C8H13FN4/c1-8(2,10)5-13-7-11-3-6(9)4-12-7/h3-4H,5,10H2,1-2H3,(H,11,12,13). The second-order valence-electron chi connectivity index (χ2n) is 3.57. The van der Waals surface area contributed by atoms with E-state index in [9.17, 15) is 4.39 Å². The van der Waals surface area contributed by atoms with Crippen LogP contribution < -0.4 is 11.1 Å². The lowest BCUT2D eigenvalue weighted by atomic mass is 10.1. The van der Waals surface area contributed by atoms with Crippen molar-refractivity contribution in [2.45, 2.75) is 19.4 Å². The summed E-state index contributed by atoms with van der Waals surface area (Å²) in [6.45, 7) is 4.30. The molecule has 0 bridgehead atoms. The van der Waals surface area contributed by atoms with Gasteiger partial charge >= 0.3 is 0 Å². The second kappa shape index (κ2) is 3.66. The Labute approximate surface area is 76.4 Å². The Morgan fingerprint density at radius 1 is 1.46 bits per heavy atom. The normalized spacial score (nSPS) is 11.4. The highest BCUT2D eigenvalue weighted by Crippen LogP contribution is 2.01. The molecule has 0 amide bonds. The van der Waals surface area contributed by atoms with Crippen LogP contribution in [0.1, 0.15) is 13.8 Å². The van der Waals surface area contributed by atoms with Crippen LogP contribution in [-0.2, 0) is 0 Å². The van der Waals surface area contributed by atoms with Crippen molar-refractivity contribution in [1.82, 2.24) is 9.97 Å². The van der Waals surface area contributed by atoms with Gasteiger partial charge in [0, 0.05) is 12.1 Å². The van der Waals surface area contributed by atoms with Gasteiger partial charge in [-0.1, -0.05) is 0 Å². The van der Waals surface area contributed by atoms with Crippen molar-refractivity contribution in [3.63, 3.8) is 0 Å². The fourth-order valence-corrected chi connectivity index (χ4v) is 0.710. The Morgan fingerprint density at radius 3 is 2.46 bits per heavy atom. The predicted molar refractivity (Wildman–Crippen MR) is 48.7 cm³/mol. The number of halogens is 1. The van der Waals surface area contributed by atoms with Gasteiger partial charge in [0.15, 0.2) is 5.82 Å². The van der Waals surface area contributed by atoms with E-state index in [4.69, 9.17) is 5.73 Å². The molecule has 1 rings (SSSR count). The molecule has 0 saturated heterocycles. The van der Waals surface area contributed by atoms with E-state index < -0.39 is 5.82 Å². The molecule has 0 aliphatic rings. The Hall–Kier alpha value is -1.23. The van der Waals surface area contributed by atoms with E-state index in [2.05, 4.69) is 15.3 Å². The van der Waals surface area contributed by atoms with E-state index in [1.165, 1.54) is 0 Å². The zero-order valence-corrected chi connectivity index (χ0v) is 7.71. The molecule has 5 heteroatoms.